The highest BCUT2D eigenvalue weighted by molar-refractivity contribution is 5.93. The molecule has 0 atom stereocenters. The monoisotopic (exact) mass is 286 g/mol. The average Bonchev–Trinajstić information content (AvgIpc) is 2.47. The number of hydrogen-bond acceptors (Lipinski definition) is 6. The van der Waals surface area contributed by atoms with Crippen LogP contribution in [0.3, 0.4) is 0 Å². The van der Waals surface area contributed by atoms with Crippen LogP contribution in [0, 0.1) is 10.1 Å². The van der Waals surface area contributed by atoms with E-state index in [1.54, 1.807) is 12.1 Å². The van der Waals surface area contributed by atoms with Gasteiger partial charge in [-0.2, -0.15) is 5.10 Å². The summed E-state index contributed by atoms with van der Waals surface area (Å²) in [4.78, 5) is 25.3. The Labute approximate surface area is 118 Å². The highest BCUT2D eigenvalue weighted by Gasteiger charge is 2.12. The van der Waals surface area contributed by atoms with Crippen molar-refractivity contribution in [2.75, 3.05) is 0 Å². The Kier molecular flexibility index (Phi) is 4.20. The van der Waals surface area contributed by atoms with Crippen LogP contribution in [0.2, 0.25) is 0 Å². The van der Waals surface area contributed by atoms with Crippen molar-refractivity contribution in [2.45, 2.75) is 0 Å². The van der Waals surface area contributed by atoms with E-state index in [4.69, 9.17) is 0 Å². The zero-order valence-electron chi connectivity index (χ0n) is 10.6. The first-order chi connectivity index (χ1) is 10.1. The molecule has 0 spiro atoms. The SMILES string of the molecule is O=C(N/N=C/c1ccc([N+](=O)[O-])c(O)c1)c1ccccn1. The lowest BCUT2D eigenvalue weighted by Gasteiger charge is -1.99. The minimum absolute atomic E-state index is 0.209. The largest absolute Gasteiger partial charge is 0.502 e. The number of amides is 1. The topological polar surface area (TPSA) is 118 Å². The summed E-state index contributed by atoms with van der Waals surface area (Å²) in [5.41, 5.74) is 2.47. The number of aromatic hydroxyl groups is 1. The van der Waals surface area contributed by atoms with Crippen molar-refractivity contribution in [1.82, 2.24) is 10.4 Å². The molecule has 1 aromatic carbocycles. The normalized spacial score (nSPS) is 10.5. The van der Waals surface area contributed by atoms with Crippen molar-refractivity contribution in [2.24, 2.45) is 5.10 Å². The lowest BCUT2D eigenvalue weighted by molar-refractivity contribution is -0.385. The van der Waals surface area contributed by atoms with Crippen LogP contribution in [0.5, 0.6) is 5.75 Å². The molecular formula is C13H10N4O4. The van der Waals surface area contributed by atoms with Crippen LogP contribution >= 0.6 is 0 Å². The lowest BCUT2D eigenvalue weighted by atomic mass is 10.2. The second kappa shape index (κ2) is 6.24. The molecule has 2 aromatic rings. The van der Waals surface area contributed by atoms with Crippen molar-refractivity contribution in [3.8, 4) is 5.75 Å². The van der Waals surface area contributed by atoms with Gasteiger partial charge in [0.25, 0.3) is 5.91 Å². The number of carbonyl (C=O) groups is 1. The number of hydrazone groups is 1. The van der Waals surface area contributed by atoms with Gasteiger partial charge in [0, 0.05) is 12.3 Å². The van der Waals surface area contributed by atoms with Gasteiger partial charge in [-0.15, -0.1) is 0 Å². The molecule has 0 unspecified atom stereocenters. The number of phenols is 1. The predicted molar refractivity (Wildman–Crippen MR) is 74.1 cm³/mol. The van der Waals surface area contributed by atoms with E-state index < -0.39 is 22.3 Å². The molecule has 1 aromatic heterocycles. The number of rotatable bonds is 4. The van der Waals surface area contributed by atoms with E-state index in [-0.39, 0.29) is 5.69 Å². The van der Waals surface area contributed by atoms with Crippen LogP contribution in [0.15, 0.2) is 47.7 Å². The number of hydrogen-bond donors (Lipinski definition) is 2. The molecule has 8 nitrogen and oxygen atoms in total. The van der Waals surface area contributed by atoms with E-state index in [2.05, 4.69) is 15.5 Å². The van der Waals surface area contributed by atoms with Crippen molar-refractivity contribution in [1.29, 1.82) is 0 Å². The van der Waals surface area contributed by atoms with E-state index in [1.165, 1.54) is 30.6 Å². The molecule has 0 aliphatic heterocycles. The van der Waals surface area contributed by atoms with Gasteiger partial charge < -0.3 is 5.11 Å². The van der Waals surface area contributed by atoms with Gasteiger partial charge in [0.05, 0.1) is 11.1 Å². The van der Waals surface area contributed by atoms with Crippen molar-refractivity contribution in [3.05, 3.63) is 64.0 Å². The summed E-state index contributed by atoms with van der Waals surface area (Å²) in [5, 5.41) is 23.7. The first kappa shape index (κ1) is 14.1. The molecule has 0 aliphatic rings. The van der Waals surface area contributed by atoms with Crippen LogP contribution in [0.1, 0.15) is 16.1 Å². The van der Waals surface area contributed by atoms with Crippen LogP contribution < -0.4 is 5.43 Å². The molecule has 0 bridgehead atoms. The summed E-state index contributed by atoms with van der Waals surface area (Å²) < 4.78 is 0. The van der Waals surface area contributed by atoms with Gasteiger partial charge in [-0.05, 0) is 29.8 Å². The van der Waals surface area contributed by atoms with E-state index in [0.29, 0.717) is 5.56 Å². The Morgan fingerprint density at radius 3 is 2.81 bits per heavy atom. The lowest BCUT2D eigenvalue weighted by Crippen LogP contribution is -2.18. The standard InChI is InChI=1S/C13H10N4O4/c18-12-7-9(4-5-11(12)17(20)21)8-15-16-13(19)10-3-1-2-6-14-10/h1-8,18H,(H,16,19)/b15-8+. The molecule has 1 amide bonds. The Morgan fingerprint density at radius 1 is 1.38 bits per heavy atom. The van der Waals surface area contributed by atoms with E-state index in [9.17, 15) is 20.0 Å². The minimum atomic E-state index is -0.695. The summed E-state index contributed by atoms with van der Waals surface area (Å²) in [7, 11) is 0. The van der Waals surface area contributed by atoms with Gasteiger partial charge in [-0.25, -0.2) is 5.43 Å². The number of nitro groups is 1. The number of nitro benzene ring substituents is 1. The van der Waals surface area contributed by atoms with Crippen molar-refractivity contribution in [3.63, 3.8) is 0 Å². The maximum absolute atomic E-state index is 11.6. The van der Waals surface area contributed by atoms with Crippen molar-refractivity contribution >= 4 is 17.8 Å². The first-order valence-corrected chi connectivity index (χ1v) is 5.80. The minimum Gasteiger partial charge on any atom is -0.502 e. The summed E-state index contributed by atoms with van der Waals surface area (Å²) >= 11 is 0. The molecule has 0 saturated heterocycles. The van der Waals surface area contributed by atoms with Gasteiger partial charge >= 0.3 is 5.69 Å². The highest BCUT2D eigenvalue weighted by Crippen LogP contribution is 2.25. The molecular weight excluding hydrogens is 276 g/mol. The van der Waals surface area contributed by atoms with Gasteiger partial charge in [0.2, 0.25) is 0 Å². The molecule has 21 heavy (non-hydrogen) atoms. The fourth-order valence-corrected chi connectivity index (χ4v) is 1.49. The molecule has 106 valence electrons. The summed E-state index contributed by atoms with van der Waals surface area (Å²) in [6, 6.07) is 8.60. The van der Waals surface area contributed by atoms with Gasteiger partial charge in [-0.3, -0.25) is 19.9 Å². The fraction of sp³-hybridized carbons (Fsp3) is 0. The molecule has 2 rings (SSSR count). The molecule has 0 saturated carbocycles. The summed E-state index contributed by atoms with van der Waals surface area (Å²) in [6.07, 6.45) is 2.73. The van der Waals surface area contributed by atoms with Gasteiger partial charge in [0.1, 0.15) is 5.69 Å². The third-order valence-electron chi connectivity index (χ3n) is 2.47. The Bertz CT molecular complexity index is 701. The van der Waals surface area contributed by atoms with Crippen molar-refractivity contribution < 1.29 is 14.8 Å². The van der Waals surface area contributed by atoms with E-state index in [0.717, 1.165) is 6.07 Å². The zero-order chi connectivity index (χ0) is 15.2. The average molecular weight is 286 g/mol. The first-order valence-electron chi connectivity index (χ1n) is 5.80. The second-order valence-electron chi connectivity index (χ2n) is 3.92. The number of carbonyl (C=O) groups excluding carboxylic acids is 1. The Hall–Kier alpha value is -3.29. The summed E-state index contributed by atoms with van der Waals surface area (Å²) in [5.74, 6) is -0.960. The number of benzene rings is 1. The van der Waals surface area contributed by atoms with Gasteiger partial charge in [-0.1, -0.05) is 6.07 Å². The maximum atomic E-state index is 11.6. The predicted octanol–water partition coefficient (Wildman–Crippen LogP) is 1.46. The molecule has 0 radical (unpaired) electrons. The Morgan fingerprint density at radius 2 is 2.19 bits per heavy atom. The number of pyridine rings is 1. The fourth-order valence-electron chi connectivity index (χ4n) is 1.49. The van der Waals surface area contributed by atoms with E-state index >= 15 is 0 Å². The number of nitrogens with one attached hydrogen (secondary N) is 1. The highest BCUT2D eigenvalue weighted by atomic mass is 16.6. The number of nitrogens with zero attached hydrogens (tertiary/aromatic N) is 3. The zero-order valence-corrected chi connectivity index (χ0v) is 10.6. The summed E-state index contributed by atoms with van der Waals surface area (Å²) in [6.45, 7) is 0. The molecule has 1 heterocycles. The maximum Gasteiger partial charge on any atom is 0.310 e. The van der Waals surface area contributed by atoms with Gasteiger partial charge in [0.15, 0.2) is 5.75 Å². The van der Waals surface area contributed by atoms with Crippen LogP contribution in [-0.4, -0.2) is 27.1 Å². The third-order valence-corrected chi connectivity index (χ3v) is 2.47. The number of aromatic nitrogens is 1. The molecule has 0 aliphatic carbocycles. The quantitative estimate of drug-likeness (QED) is 0.501. The second-order valence-corrected chi connectivity index (χ2v) is 3.92. The number of phenolic OH excluding ortho intramolecular Hbond substituents is 1. The van der Waals surface area contributed by atoms with E-state index in [1.807, 2.05) is 0 Å². The van der Waals surface area contributed by atoms with Crippen LogP contribution in [0.25, 0.3) is 0 Å². The third kappa shape index (κ3) is 3.60. The molecule has 0 fully saturated rings. The molecule has 2 N–H and O–H groups in total. The van der Waals surface area contributed by atoms with Crippen LogP contribution in [-0.2, 0) is 0 Å². The Balaban J connectivity index is 2.03. The molecule has 8 heteroatoms. The smallest absolute Gasteiger partial charge is 0.310 e. The van der Waals surface area contributed by atoms with Crippen LogP contribution in [0.4, 0.5) is 5.69 Å².